The molecule has 3 N–H and O–H groups in total. The molecule has 2 atom stereocenters. The Kier molecular flexibility index (Phi) is 9.86. The van der Waals surface area contributed by atoms with Crippen LogP contribution in [0.3, 0.4) is 0 Å². The van der Waals surface area contributed by atoms with Crippen LogP contribution in [0.25, 0.3) is 11.3 Å². The Morgan fingerprint density at radius 2 is 1.83 bits per heavy atom. The molecule has 2 bridgehead atoms. The molecule has 12 nitrogen and oxygen atoms in total. The third kappa shape index (κ3) is 7.56. The van der Waals surface area contributed by atoms with Crippen LogP contribution < -0.4 is 31.7 Å². The summed E-state index contributed by atoms with van der Waals surface area (Å²) in [5.41, 5.74) is 8.58. The van der Waals surface area contributed by atoms with Crippen LogP contribution in [0, 0.1) is 0 Å². The molecule has 1 fully saturated rings. The number of nitrogens with zero attached hydrogens (tertiary/aromatic N) is 5. The van der Waals surface area contributed by atoms with Gasteiger partial charge < -0.3 is 19.9 Å². The molecule has 3 aliphatic rings. The third-order valence-electron chi connectivity index (χ3n) is 8.58. The maximum absolute atomic E-state index is 13.9. The Morgan fingerprint density at radius 3 is 2.58 bits per heavy atom. The number of carbonyl (C=O) groups is 2. The van der Waals surface area contributed by atoms with Crippen LogP contribution in [0.1, 0.15) is 58.1 Å². The van der Waals surface area contributed by atoms with Gasteiger partial charge in [-0.2, -0.15) is 0 Å². The summed E-state index contributed by atoms with van der Waals surface area (Å²) >= 11 is 12.5. The van der Waals surface area contributed by atoms with Crippen LogP contribution in [0.4, 0.5) is 16.2 Å². The van der Waals surface area contributed by atoms with E-state index in [0.29, 0.717) is 53.2 Å². The van der Waals surface area contributed by atoms with Gasteiger partial charge in [0.05, 0.1) is 36.5 Å². The monoisotopic (exact) mass is 694 g/mol. The summed E-state index contributed by atoms with van der Waals surface area (Å²) in [6.45, 7) is 7.08. The van der Waals surface area contributed by atoms with Crippen molar-refractivity contribution in [1.29, 1.82) is 0 Å². The minimum atomic E-state index is -0.639. The number of rotatable bonds is 3. The van der Waals surface area contributed by atoms with E-state index < -0.39 is 17.7 Å². The summed E-state index contributed by atoms with van der Waals surface area (Å²) < 4.78 is 7.30. The average molecular weight is 696 g/mol. The molecule has 0 radical (unpaired) electrons. The Bertz CT molecular complexity index is 1770. The molecule has 4 heterocycles. The van der Waals surface area contributed by atoms with E-state index in [1.807, 2.05) is 56.0 Å². The summed E-state index contributed by atoms with van der Waals surface area (Å²) in [6, 6.07) is 14.0. The van der Waals surface area contributed by atoms with Crippen LogP contribution in [-0.2, 0) is 9.53 Å². The summed E-state index contributed by atoms with van der Waals surface area (Å²) in [4.78, 5) is 48.7. The maximum Gasteiger partial charge on any atom is 0.410 e. The van der Waals surface area contributed by atoms with Crippen molar-refractivity contribution in [1.82, 2.24) is 30.7 Å². The van der Waals surface area contributed by atoms with E-state index in [0.717, 1.165) is 30.5 Å². The van der Waals surface area contributed by atoms with Gasteiger partial charge >= 0.3 is 6.09 Å². The second-order valence-corrected chi connectivity index (χ2v) is 14.0. The fourth-order valence-electron chi connectivity index (χ4n) is 6.29. The molecular formula is C34H40Cl2N8O4. The van der Waals surface area contributed by atoms with Gasteiger partial charge in [-0.1, -0.05) is 48.2 Å². The minimum Gasteiger partial charge on any atom is -0.444 e. The standard InChI is InChI=1S/C34H40Cl2N8O4/c1-34(2,3)48-33(47)41-14-15-42-24-9-7-8-22(16-24)27(10-5-4-6-13-37-32(46)29(42)19-41)43-21-38-26(18-31(43)45)25-17-23(35)11-12-28(25)44-20-30(36)39-40-44/h7-9,11-12,16-18,20-21,27,29,39-40H,4-6,10,13-15,19H2,1-3H3,(H,37,46)/t27-,29-/m0/s1. The fraction of sp³-hybridized carbons (Fsp3) is 0.412. The molecule has 0 unspecified atom stereocenters. The van der Waals surface area contributed by atoms with E-state index in [1.54, 1.807) is 39.1 Å². The van der Waals surface area contributed by atoms with E-state index in [4.69, 9.17) is 32.9 Å². The molecule has 254 valence electrons. The van der Waals surface area contributed by atoms with Crippen LogP contribution in [-0.4, -0.2) is 64.3 Å². The molecule has 1 aromatic heterocycles. The summed E-state index contributed by atoms with van der Waals surface area (Å²) in [5.74, 6) is -0.126. The van der Waals surface area contributed by atoms with Crippen molar-refractivity contribution < 1.29 is 14.3 Å². The SMILES string of the molecule is CC(C)(C)OC(=O)N1CCN2c3cccc(c3)[C@@H](n3cnc(-c4cc(Cl)ccc4N4C=C(Cl)NN4)cc3=O)CCCCCNC(=O)[C@@H]2C1. The van der Waals surface area contributed by atoms with Gasteiger partial charge in [0.1, 0.15) is 16.8 Å². The quantitative estimate of drug-likeness (QED) is 0.320. The first-order chi connectivity index (χ1) is 23.0. The van der Waals surface area contributed by atoms with Crippen molar-refractivity contribution in [3.63, 3.8) is 0 Å². The number of benzene rings is 2. The van der Waals surface area contributed by atoms with Crippen LogP contribution in [0.5, 0.6) is 0 Å². The normalized spacial score (nSPS) is 20.4. The Morgan fingerprint density at radius 1 is 1.00 bits per heavy atom. The predicted molar refractivity (Wildman–Crippen MR) is 187 cm³/mol. The van der Waals surface area contributed by atoms with Gasteiger partial charge in [0.15, 0.2) is 0 Å². The van der Waals surface area contributed by atoms with Crippen molar-refractivity contribution in [3.8, 4) is 11.3 Å². The van der Waals surface area contributed by atoms with E-state index in [2.05, 4.69) is 16.3 Å². The van der Waals surface area contributed by atoms with Crippen molar-refractivity contribution in [2.24, 2.45) is 0 Å². The zero-order valence-corrected chi connectivity index (χ0v) is 28.7. The smallest absolute Gasteiger partial charge is 0.410 e. The molecule has 3 aliphatic heterocycles. The maximum atomic E-state index is 13.9. The average Bonchev–Trinajstić information content (AvgIpc) is 3.49. The van der Waals surface area contributed by atoms with Crippen molar-refractivity contribution in [2.45, 2.75) is 64.1 Å². The lowest BCUT2D eigenvalue weighted by Crippen LogP contribution is -2.60. The summed E-state index contributed by atoms with van der Waals surface area (Å²) in [5, 5.41) is 5.70. The van der Waals surface area contributed by atoms with Crippen LogP contribution in [0.2, 0.25) is 5.02 Å². The molecule has 48 heavy (non-hydrogen) atoms. The van der Waals surface area contributed by atoms with Gasteiger partial charge in [0, 0.05) is 42.0 Å². The molecule has 0 aliphatic carbocycles. The number of anilines is 2. The Labute approximate surface area is 289 Å². The summed E-state index contributed by atoms with van der Waals surface area (Å²) in [6.07, 6.45) is 6.07. The highest BCUT2D eigenvalue weighted by Gasteiger charge is 2.36. The number of carbonyl (C=O) groups excluding carboxylic acids is 2. The second-order valence-electron chi connectivity index (χ2n) is 13.2. The van der Waals surface area contributed by atoms with E-state index in [9.17, 15) is 14.4 Å². The molecule has 3 aromatic rings. The van der Waals surface area contributed by atoms with Crippen molar-refractivity contribution in [3.05, 3.63) is 87.2 Å². The first-order valence-electron chi connectivity index (χ1n) is 16.2. The van der Waals surface area contributed by atoms with Crippen molar-refractivity contribution in [2.75, 3.05) is 36.1 Å². The van der Waals surface area contributed by atoms with Crippen LogP contribution >= 0.6 is 23.2 Å². The van der Waals surface area contributed by atoms with Gasteiger partial charge in [-0.25, -0.2) is 9.78 Å². The predicted octanol–water partition coefficient (Wildman–Crippen LogP) is 5.14. The van der Waals surface area contributed by atoms with E-state index in [-0.39, 0.29) is 24.1 Å². The molecule has 1 saturated heterocycles. The van der Waals surface area contributed by atoms with E-state index in [1.165, 1.54) is 6.07 Å². The molecular weight excluding hydrogens is 655 g/mol. The highest BCUT2D eigenvalue weighted by Crippen LogP contribution is 2.34. The van der Waals surface area contributed by atoms with Gasteiger partial charge in [-0.05, 0) is 69.5 Å². The number of amides is 2. The molecule has 6 rings (SSSR count). The lowest BCUT2D eigenvalue weighted by molar-refractivity contribution is -0.123. The highest BCUT2D eigenvalue weighted by atomic mass is 35.5. The molecule has 0 saturated carbocycles. The fourth-order valence-corrected chi connectivity index (χ4v) is 6.60. The lowest BCUT2D eigenvalue weighted by Gasteiger charge is -2.42. The lowest BCUT2D eigenvalue weighted by atomic mass is 9.98. The number of aromatic nitrogens is 2. The molecule has 0 spiro atoms. The Balaban J connectivity index is 1.32. The van der Waals surface area contributed by atoms with Gasteiger partial charge in [-0.15, -0.1) is 5.53 Å². The van der Waals surface area contributed by atoms with Crippen LogP contribution in [0.15, 0.2) is 71.0 Å². The largest absolute Gasteiger partial charge is 0.444 e. The summed E-state index contributed by atoms with van der Waals surface area (Å²) in [7, 11) is 0. The Hall–Kier alpha value is -4.26. The molecule has 2 amide bonds. The number of fused-ring (bicyclic) bond motifs is 4. The topological polar surface area (TPSA) is 124 Å². The number of nitrogens with one attached hydrogen (secondary N) is 3. The number of piperazine rings is 1. The number of ether oxygens (including phenoxy) is 1. The number of hydrogen-bond acceptors (Lipinski definition) is 9. The first kappa shape index (κ1) is 33.6. The van der Waals surface area contributed by atoms with Gasteiger partial charge in [-0.3, -0.25) is 24.6 Å². The molecule has 2 aromatic carbocycles. The minimum absolute atomic E-state index is 0.126. The van der Waals surface area contributed by atoms with E-state index >= 15 is 0 Å². The number of halogens is 2. The zero-order chi connectivity index (χ0) is 34.0. The zero-order valence-electron chi connectivity index (χ0n) is 27.2. The molecule has 14 heteroatoms. The first-order valence-corrected chi connectivity index (χ1v) is 16.9. The number of hydrazine groups is 2. The van der Waals surface area contributed by atoms with Gasteiger partial charge in [0.2, 0.25) is 5.91 Å². The number of hydrogen-bond donors (Lipinski definition) is 3. The van der Waals surface area contributed by atoms with Gasteiger partial charge in [0.25, 0.3) is 5.56 Å². The third-order valence-corrected chi connectivity index (χ3v) is 9.01. The second kappa shape index (κ2) is 14.1. The highest BCUT2D eigenvalue weighted by molar-refractivity contribution is 6.31. The van der Waals surface area contributed by atoms with Crippen molar-refractivity contribution >= 4 is 46.6 Å².